The maximum atomic E-state index is 5.45. The molecular formula is C19H37IN6O. The number of ether oxygens (including phenoxy) is 1. The van der Waals surface area contributed by atoms with E-state index in [-0.39, 0.29) is 24.0 Å². The quantitative estimate of drug-likeness (QED) is 0.360. The Kier molecular flexibility index (Phi) is 10.6. The first kappa shape index (κ1) is 24.2. The number of rotatable bonds is 7. The molecule has 1 unspecified atom stereocenters. The number of guanidine groups is 1. The summed E-state index contributed by atoms with van der Waals surface area (Å²) in [7, 11) is 4.08. The van der Waals surface area contributed by atoms with Gasteiger partial charge in [0.25, 0.3) is 0 Å². The van der Waals surface area contributed by atoms with Gasteiger partial charge in [0, 0.05) is 58.1 Å². The van der Waals surface area contributed by atoms with Crippen molar-refractivity contribution in [3.63, 3.8) is 0 Å². The van der Waals surface area contributed by atoms with Crippen molar-refractivity contribution in [3.05, 3.63) is 17.5 Å². The first-order valence-electron chi connectivity index (χ1n) is 9.76. The number of hydrogen-bond acceptors (Lipinski definition) is 4. The maximum Gasteiger partial charge on any atom is 0.194 e. The summed E-state index contributed by atoms with van der Waals surface area (Å²) in [6.45, 7) is 14.8. The van der Waals surface area contributed by atoms with Gasteiger partial charge in [0.2, 0.25) is 0 Å². The number of nitrogens with zero attached hydrogens (tertiary/aromatic N) is 5. The van der Waals surface area contributed by atoms with Gasteiger partial charge in [0.05, 0.1) is 25.5 Å². The Hall–Kier alpha value is -0.870. The molecule has 0 amide bonds. The molecule has 1 N–H and O–H groups in total. The van der Waals surface area contributed by atoms with E-state index in [1.54, 1.807) is 0 Å². The molecule has 1 aromatic heterocycles. The van der Waals surface area contributed by atoms with Gasteiger partial charge in [0.1, 0.15) is 0 Å². The van der Waals surface area contributed by atoms with Crippen molar-refractivity contribution in [3.8, 4) is 0 Å². The fourth-order valence-corrected chi connectivity index (χ4v) is 3.32. The number of nitrogens with one attached hydrogen (secondary N) is 1. The Bertz CT molecular complexity index is 583. The van der Waals surface area contributed by atoms with Gasteiger partial charge >= 0.3 is 0 Å². The molecule has 8 heteroatoms. The molecule has 156 valence electrons. The lowest BCUT2D eigenvalue weighted by Crippen LogP contribution is -2.44. The number of morpholine rings is 1. The van der Waals surface area contributed by atoms with Gasteiger partial charge in [-0.25, -0.2) is 0 Å². The van der Waals surface area contributed by atoms with E-state index in [1.165, 1.54) is 5.56 Å². The summed E-state index contributed by atoms with van der Waals surface area (Å²) < 4.78 is 7.35. The van der Waals surface area contributed by atoms with Crippen LogP contribution in [-0.4, -0.2) is 78.0 Å². The highest BCUT2D eigenvalue weighted by Gasteiger charge is 2.18. The zero-order valence-corrected chi connectivity index (χ0v) is 20.1. The van der Waals surface area contributed by atoms with Crippen LogP contribution in [0.15, 0.2) is 11.2 Å². The monoisotopic (exact) mass is 492 g/mol. The molecule has 0 spiro atoms. The number of aliphatic imine (C=N–C) groups is 1. The van der Waals surface area contributed by atoms with Crippen LogP contribution in [0.3, 0.4) is 0 Å². The SMILES string of the molecule is CCNC(=NCC(C)N1CCOCC1)N(C)Cc1cn(C)nc1C(C)C.I. The predicted octanol–water partition coefficient (Wildman–Crippen LogP) is 2.28. The molecule has 0 aliphatic carbocycles. The van der Waals surface area contributed by atoms with Crippen LogP contribution in [0.2, 0.25) is 0 Å². The largest absolute Gasteiger partial charge is 0.379 e. The molecule has 0 radical (unpaired) electrons. The van der Waals surface area contributed by atoms with Crippen molar-refractivity contribution < 1.29 is 4.74 Å². The topological polar surface area (TPSA) is 57.9 Å². The molecule has 1 atom stereocenters. The van der Waals surface area contributed by atoms with Gasteiger partial charge in [-0.05, 0) is 19.8 Å². The normalized spacial score (nSPS) is 16.9. The Balaban J connectivity index is 0.00000364. The number of aryl methyl sites for hydroxylation is 1. The van der Waals surface area contributed by atoms with Crippen molar-refractivity contribution in [2.24, 2.45) is 12.0 Å². The van der Waals surface area contributed by atoms with Crippen LogP contribution < -0.4 is 5.32 Å². The molecule has 1 aliphatic heterocycles. The zero-order valence-electron chi connectivity index (χ0n) is 17.7. The second kappa shape index (κ2) is 11.9. The van der Waals surface area contributed by atoms with Crippen molar-refractivity contribution in [2.75, 3.05) is 46.4 Å². The molecular weight excluding hydrogens is 455 g/mol. The third-order valence-electron chi connectivity index (χ3n) is 4.76. The molecule has 1 aliphatic rings. The van der Waals surface area contributed by atoms with Crippen molar-refractivity contribution >= 4 is 29.9 Å². The number of hydrogen-bond donors (Lipinski definition) is 1. The highest BCUT2D eigenvalue weighted by molar-refractivity contribution is 14.0. The van der Waals surface area contributed by atoms with Crippen molar-refractivity contribution in [1.82, 2.24) is 24.9 Å². The summed E-state index contributed by atoms with van der Waals surface area (Å²) in [5.74, 6) is 1.37. The average molecular weight is 492 g/mol. The van der Waals surface area contributed by atoms with E-state index in [2.05, 4.69) is 61.2 Å². The molecule has 0 bridgehead atoms. The molecule has 2 rings (SSSR count). The van der Waals surface area contributed by atoms with E-state index in [0.717, 1.165) is 57.6 Å². The molecule has 2 heterocycles. The Morgan fingerprint density at radius 1 is 1.33 bits per heavy atom. The highest BCUT2D eigenvalue weighted by atomic mass is 127. The van der Waals surface area contributed by atoms with E-state index in [4.69, 9.17) is 9.73 Å². The van der Waals surface area contributed by atoms with Crippen LogP contribution in [0.5, 0.6) is 0 Å². The number of halogens is 1. The Labute approximate surface area is 181 Å². The van der Waals surface area contributed by atoms with Crippen LogP contribution in [0.4, 0.5) is 0 Å². The predicted molar refractivity (Wildman–Crippen MR) is 122 cm³/mol. The first-order valence-corrected chi connectivity index (χ1v) is 9.76. The lowest BCUT2D eigenvalue weighted by atomic mass is 10.1. The maximum absolute atomic E-state index is 5.45. The van der Waals surface area contributed by atoms with Gasteiger partial charge < -0.3 is 15.0 Å². The van der Waals surface area contributed by atoms with E-state index < -0.39 is 0 Å². The minimum Gasteiger partial charge on any atom is -0.379 e. The van der Waals surface area contributed by atoms with Crippen molar-refractivity contribution in [2.45, 2.75) is 46.2 Å². The average Bonchev–Trinajstić information content (AvgIpc) is 2.99. The van der Waals surface area contributed by atoms with Crippen molar-refractivity contribution in [1.29, 1.82) is 0 Å². The van der Waals surface area contributed by atoms with Gasteiger partial charge in [-0.15, -0.1) is 24.0 Å². The highest BCUT2D eigenvalue weighted by Crippen LogP contribution is 2.18. The fourth-order valence-electron chi connectivity index (χ4n) is 3.32. The first-order chi connectivity index (χ1) is 12.4. The van der Waals surface area contributed by atoms with Crippen LogP contribution >= 0.6 is 24.0 Å². The van der Waals surface area contributed by atoms with Crippen LogP contribution in [0.25, 0.3) is 0 Å². The smallest absolute Gasteiger partial charge is 0.194 e. The fraction of sp³-hybridized carbons (Fsp3) is 0.789. The summed E-state index contributed by atoms with van der Waals surface area (Å²) in [6, 6.07) is 0.422. The van der Waals surface area contributed by atoms with E-state index in [1.807, 2.05) is 11.7 Å². The molecule has 1 fully saturated rings. The zero-order chi connectivity index (χ0) is 19.1. The van der Waals surface area contributed by atoms with Crippen LogP contribution in [0, 0.1) is 0 Å². The third kappa shape index (κ3) is 7.23. The summed E-state index contributed by atoms with van der Waals surface area (Å²) in [5, 5.41) is 8.04. The lowest BCUT2D eigenvalue weighted by Gasteiger charge is -2.32. The minimum absolute atomic E-state index is 0. The third-order valence-corrected chi connectivity index (χ3v) is 4.76. The van der Waals surface area contributed by atoms with Crippen LogP contribution in [-0.2, 0) is 18.3 Å². The summed E-state index contributed by atoms with van der Waals surface area (Å²) in [5.41, 5.74) is 2.42. The van der Waals surface area contributed by atoms with E-state index >= 15 is 0 Å². The molecule has 0 saturated carbocycles. The summed E-state index contributed by atoms with van der Waals surface area (Å²) in [4.78, 5) is 9.53. The Morgan fingerprint density at radius 2 is 2.00 bits per heavy atom. The second-order valence-electron chi connectivity index (χ2n) is 7.42. The summed E-state index contributed by atoms with van der Waals surface area (Å²) >= 11 is 0. The number of aromatic nitrogens is 2. The molecule has 7 nitrogen and oxygen atoms in total. The van der Waals surface area contributed by atoms with Gasteiger partial charge in [-0.2, -0.15) is 5.10 Å². The van der Waals surface area contributed by atoms with E-state index in [0.29, 0.717) is 12.0 Å². The Morgan fingerprint density at radius 3 is 2.59 bits per heavy atom. The van der Waals surface area contributed by atoms with Gasteiger partial charge in [-0.1, -0.05) is 13.8 Å². The second-order valence-corrected chi connectivity index (χ2v) is 7.42. The standard InChI is InChI=1S/C19H36N6O.HI/c1-7-20-19(21-12-16(4)25-8-10-26-11-9-25)23(5)13-17-14-24(6)22-18(17)15(2)3;/h14-16H,7-13H2,1-6H3,(H,20,21);1H. The molecule has 27 heavy (non-hydrogen) atoms. The van der Waals surface area contributed by atoms with Gasteiger partial charge in [0.15, 0.2) is 5.96 Å². The molecule has 1 saturated heterocycles. The minimum atomic E-state index is 0. The molecule has 1 aromatic rings. The van der Waals surface area contributed by atoms with E-state index in [9.17, 15) is 0 Å². The van der Waals surface area contributed by atoms with Crippen LogP contribution in [0.1, 0.15) is 44.9 Å². The lowest BCUT2D eigenvalue weighted by molar-refractivity contribution is 0.0220. The van der Waals surface area contributed by atoms with Gasteiger partial charge in [-0.3, -0.25) is 14.6 Å². The molecule has 0 aromatic carbocycles. The summed E-state index contributed by atoms with van der Waals surface area (Å²) in [6.07, 6.45) is 2.12.